The van der Waals surface area contributed by atoms with Gasteiger partial charge in [0.05, 0.1) is 6.61 Å². The molecule has 0 radical (unpaired) electrons. The van der Waals surface area contributed by atoms with Crippen molar-refractivity contribution in [3.05, 3.63) is 66.7 Å². The average molecular weight is 349 g/mol. The van der Waals surface area contributed by atoms with Crippen molar-refractivity contribution >= 4 is 0 Å². The number of unbranched alkanes of at least 4 members (excludes halogenated alkanes) is 2. The van der Waals surface area contributed by atoms with Gasteiger partial charge in [0.25, 0.3) is 0 Å². The molecule has 0 aliphatic rings. The summed E-state index contributed by atoms with van der Waals surface area (Å²) in [6, 6.07) is 6.31. The number of halogens is 1. The lowest BCUT2D eigenvalue weighted by Gasteiger charge is -2.20. The van der Waals surface area contributed by atoms with Crippen LogP contribution in [0.5, 0.6) is 5.75 Å². The summed E-state index contributed by atoms with van der Waals surface area (Å²) in [6.45, 7) is 11.1. The largest absolute Gasteiger partial charge is 0.480 e. The number of para-hydroxylation sites is 1. The molecular formula is C21H32FNO2. The third-order valence-electron chi connectivity index (χ3n) is 3.21. The van der Waals surface area contributed by atoms with E-state index in [2.05, 4.69) is 13.5 Å². The summed E-state index contributed by atoms with van der Waals surface area (Å²) in [5.74, 6) is -0.208. The predicted octanol–water partition coefficient (Wildman–Crippen LogP) is 5.39. The van der Waals surface area contributed by atoms with Crippen LogP contribution in [0, 0.1) is 5.82 Å². The van der Waals surface area contributed by atoms with Crippen molar-refractivity contribution in [1.29, 1.82) is 0 Å². The molecule has 2 N–H and O–H groups in total. The van der Waals surface area contributed by atoms with Crippen LogP contribution < -0.4 is 10.5 Å². The zero-order chi connectivity index (χ0) is 18.9. The second kappa shape index (κ2) is 15.5. The van der Waals surface area contributed by atoms with Crippen molar-refractivity contribution in [2.45, 2.75) is 46.1 Å². The second-order valence-electron chi connectivity index (χ2n) is 5.14. The summed E-state index contributed by atoms with van der Waals surface area (Å²) >= 11 is 0. The molecule has 1 unspecified atom stereocenters. The first-order valence-electron chi connectivity index (χ1n) is 8.91. The molecule has 0 aliphatic carbocycles. The Morgan fingerprint density at radius 2 is 1.96 bits per heavy atom. The summed E-state index contributed by atoms with van der Waals surface area (Å²) in [4.78, 5) is 0. The molecule has 1 rings (SSSR count). The molecular weight excluding hydrogens is 317 g/mol. The van der Waals surface area contributed by atoms with Crippen molar-refractivity contribution in [2.75, 3.05) is 13.2 Å². The molecule has 3 nitrogen and oxygen atoms in total. The molecule has 0 bridgehead atoms. The zero-order valence-electron chi connectivity index (χ0n) is 15.7. The SMILES string of the molecule is C=C(/C=C\C=C/N)C(COCCCCC)Oc1ccccc1F.CC. The molecule has 0 fully saturated rings. The molecule has 0 aliphatic heterocycles. The van der Waals surface area contributed by atoms with Crippen LogP contribution in [0.4, 0.5) is 4.39 Å². The molecule has 4 heteroatoms. The Bertz CT molecular complexity index is 526. The average Bonchev–Trinajstić information content (AvgIpc) is 2.64. The zero-order valence-corrected chi connectivity index (χ0v) is 15.7. The van der Waals surface area contributed by atoms with E-state index in [4.69, 9.17) is 15.2 Å². The summed E-state index contributed by atoms with van der Waals surface area (Å²) in [5, 5.41) is 0. The van der Waals surface area contributed by atoms with Crippen molar-refractivity contribution in [3.63, 3.8) is 0 Å². The van der Waals surface area contributed by atoms with E-state index in [1.807, 2.05) is 13.8 Å². The van der Waals surface area contributed by atoms with E-state index in [1.165, 1.54) is 12.3 Å². The van der Waals surface area contributed by atoms with Gasteiger partial charge in [-0.05, 0) is 36.4 Å². The van der Waals surface area contributed by atoms with E-state index in [9.17, 15) is 4.39 Å². The van der Waals surface area contributed by atoms with E-state index in [0.717, 1.165) is 19.3 Å². The molecule has 1 aromatic carbocycles. The van der Waals surface area contributed by atoms with Gasteiger partial charge in [0.15, 0.2) is 11.6 Å². The highest BCUT2D eigenvalue weighted by Gasteiger charge is 2.15. The molecule has 1 atom stereocenters. The topological polar surface area (TPSA) is 44.5 Å². The molecule has 0 aromatic heterocycles. The maximum atomic E-state index is 13.8. The van der Waals surface area contributed by atoms with Crippen LogP contribution in [0.25, 0.3) is 0 Å². The Kier molecular flexibility index (Phi) is 14.2. The Hall–Kier alpha value is -2.07. The van der Waals surface area contributed by atoms with E-state index >= 15 is 0 Å². The van der Waals surface area contributed by atoms with Crippen molar-refractivity contribution in [1.82, 2.24) is 0 Å². The minimum absolute atomic E-state index is 0.193. The monoisotopic (exact) mass is 349 g/mol. The number of allylic oxidation sites excluding steroid dienone is 2. The van der Waals surface area contributed by atoms with E-state index < -0.39 is 11.9 Å². The lowest BCUT2D eigenvalue weighted by molar-refractivity contribution is 0.0638. The predicted molar refractivity (Wildman–Crippen MR) is 104 cm³/mol. The van der Waals surface area contributed by atoms with Crippen LogP contribution in [-0.2, 0) is 4.74 Å². The minimum Gasteiger partial charge on any atom is -0.480 e. The molecule has 0 heterocycles. The Balaban J connectivity index is 0.00000277. The van der Waals surface area contributed by atoms with Gasteiger partial charge in [-0.1, -0.05) is 64.5 Å². The summed E-state index contributed by atoms with van der Waals surface area (Å²) in [6.07, 6.45) is 9.48. The van der Waals surface area contributed by atoms with E-state index in [1.54, 1.807) is 36.4 Å². The summed E-state index contributed by atoms with van der Waals surface area (Å²) in [7, 11) is 0. The van der Waals surface area contributed by atoms with Gasteiger partial charge in [-0.15, -0.1) is 0 Å². The lowest BCUT2D eigenvalue weighted by atomic mass is 10.1. The van der Waals surface area contributed by atoms with Crippen LogP contribution >= 0.6 is 0 Å². The first kappa shape index (κ1) is 22.9. The van der Waals surface area contributed by atoms with Gasteiger partial charge in [-0.2, -0.15) is 0 Å². The van der Waals surface area contributed by atoms with Gasteiger partial charge in [-0.25, -0.2) is 4.39 Å². The van der Waals surface area contributed by atoms with Gasteiger partial charge in [-0.3, -0.25) is 0 Å². The van der Waals surface area contributed by atoms with Crippen LogP contribution in [-0.4, -0.2) is 19.3 Å². The number of nitrogens with two attached hydrogens (primary N) is 1. The normalized spacial score (nSPS) is 12.0. The smallest absolute Gasteiger partial charge is 0.165 e. The molecule has 0 saturated heterocycles. The Labute approximate surface area is 152 Å². The van der Waals surface area contributed by atoms with Gasteiger partial charge in [0.1, 0.15) is 6.10 Å². The van der Waals surface area contributed by atoms with Crippen molar-refractivity contribution in [3.8, 4) is 5.75 Å². The molecule has 140 valence electrons. The van der Waals surface area contributed by atoms with Crippen LogP contribution in [0.1, 0.15) is 40.0 Å². The Morgan fingerprint density at radius 3 is 2.60 bits per heavy atom. The van der Waals surface area contributed by atoms with Crippen LogP contribution in [0.2, 0.25) is 0 Å². The molecule has 0 spiro atoms. The van der Waals surface area contributed by atoms with E-state index in [0.29, 0.717) is 18.8 Å². The fourth-order valence-electron chi connectivity index (χ4n) is 1.91. The van der Waals surface area contributed by atoms with Crippen molar-refractivity contribution < 1.29 is 13.9 Å². The number of benzene rings is 1. The standard InChI is InChI=1S/C19H26FNO2.C2H6/c1-3-4-9-14-22-15-19(16(2)10-7-8-13-21)23-18-12-6-5-11-17(18)20;1-2/h5-8,10-13,19H,2-4,9,14-15,21H2,1H3;1-2H3/b10-7-,13-8-;. The Morgan fingerprint density at radius 1 is 1.24 bits per heavy atom. The van der Waals surface area contributed by atoms with E-state index in [-0.39, 0.29) is 5.75 Å². The number of hydrogen-bond donors (Lipinski definition) is 1. The maximum Gasteiger partial charge on any atom is 0.165 e. The van der Waals surface area contributed by atoms with Crippen LogP contribution in [0.15, 0.2) is 60.8 Å². The summed E-state index contributed by atoms with van der Waals surface area (Å²) in [5.41, 5.74) is 5.99. The highest BCUT2D eigenvalue weighted by atomic mass is 19.1. The molecule has 0 saturated carbocycles. The quantitative estimate of drug-likeness (QED) is 0.430. The second-order valence-corrected chi connectivity index (χ2v) is 5.14. The number of ether oxygens (including phenoxy) is 2. The van der Waals surface area contributed by atoms with Crippen molar-refractivity contribution in [2.24, 2.45) is 5.73 Å². The fourth-order valence-corrected chi connectivity index (χ4v) is 1.91. The van der Waals surface area contributed by atoms with Crippen LogP contribution in [0.3, 0.4) is 0 Å². The molecule has 1 aromatic rings. The number of hydrogen-bond acceptors (Lipinski definition) is 3. The maximum absolute atomic E-state index is 13.8. The highest BCUT2D eigenvalue weighted by molar-refractivity contribution is 5.28. The fraction of sp³-hybridized carbons (Fsp3) is 0.429. The first-order valence-corrected chi connectivity index (χ1v) is 8.91. The lowest BCUT2D eigenvalue weighted by Crippen LogP contribution is -2.25. The molecule has 0 amide bonds. The van der Waals surface area contributed by atoms with Gasteiger partial charge in [0.2, 0.25) is 0 Å². The molecule has 25 heavy (non-hydrogen) atoms. The third kappa shape index (κ3) is 10.4. The van der Waals surface area contributed by atoms with Gasteiger partial charge in [0, 0.05) is 6.61 Å². The third-order valence-corrected chi connectivity index (χ3v) is 3.21. The summed E-state index contributed by atoms with van der Waals surface area (Å²) < 4.78 is 25.2. The minimum atomic E-state index is -0.448. The van der Waals surface area contributed by atoms with Gasteiger partial charge >= 0.3 is 0 Å². The number of rotatable bonds is 11. The van der Waals surface area contributed by atoms with Gasteiger partial charge < -0.3 is 15.2 Å². The highest BCUT2D eigenvalue weighted by Crippen LogP contribution is 2.20. The first-order chi connectivity index (χ1) is 12.2.